The molecule has 1 aromatic heterocycles. The van der Waals surface area contributed by atoms with E-state index in [4.69, 9.17) is 0 Å². The minimum Gasteiger partial charge on any atom is -0.469 e. The second kappa shape index (κ2) is 10.0. The van der Waals surface area contributed by atoms with E-state index in [0.717, 1.165) is 43.9 Å². The predicted octanol–water partition coefficient (Wildman–Crippen LogP) is 4.27. The summed E-state index contributed by atoms with van der Waals surface area (Å²) in [6, 6.07) is 10.5. The van der Waals surface area contributed by atoms with Gasteiger partial charge in [0.15, 0.2) is 5.13 Å². The Bertz CT molecular complexity index is 558. The monoisotopic (exact) mass is 332 g/mol. The summed E-state index contributed by atoms with van der Waals surface area (Å²) in [5, 5.41) is 3.09. The molecular formula is C18H24N2O2S. The third kappa shape index (κ3) is 6.40. The first-order valence-electron chi connectivity index (χ1n) is 8.05. The zero-order chi connectivity index (χ0) is 16.3. The molecule has 0 saturated carbocycles. The Hall–Kier alpha value is -1.88. The Morgan fingerprint density at radius 3 is 2.65 bits per heavy atom. The lowest BCUT2D eigenvalue weighted by atomic mass is 10.1. The fraction of sp³-hybridized carbons (Fsp3) is 0.444. The standard InChI is InChI=1S/C18H24N2O2S/c1-22-17(21)11-7-2-3-8-13-20(18-19-12-14-23-18)15-16-9-5-4-6-10-16/h4-6,9-10,12,14H,2-3,7-8,11,13,15H2,1H3. The van der Waals surface area contributed by atoms with Gasteiger partial charge in [0.05, 0.1) is 7.11 Å². The smallest absolute Gasteiger partial charge is 0.305 e. The first-order valence-corrected chi connectivity index (χ1v) is 8.92. The zero-order valence-electron chi connectivity index (χ0n) is 13.6. The summed E-state index contributed by atoms with van der Waals surface area (Å²) in [7, 11) is 1.44. The lowest BCUT2D eigenvalue weighted by Gasteiger charge is -2.22. The summed E-state index contributed by atoms with van der Waals surface area (Å²) < 4.78 is 4.66. The molecule has 0 amide bonds. The Balaban J connectivity index is 1.76. The van der Waals surface area contributed by atoms with Gasteiger partial charge in [0, 0.05) is 31.1 Å². The van der Waals surface area contributed by atoms with E-state index in [1.165, 1.54) is 12.7 Å². The molecule has 0 bridgehead atoms. The summed E-state index contributed by atoms with van der Waals surface area (Å²) in [4.78, 5) is 17.9. The molecule has 0 atom stereocenters. The van der Waals surface area contributed by atoms with E-state index < -0.39 is 0 Å². The van der Waals surface area contributed by atoms with Crippen LogP contribution in [-0.2, 0) is 16.1 Å². The van der Waals surface area contributed by atoms with E-state index >= 15 is 0 Å². The Labute approximate surface area is 142 Å². The minimum absolute atomic E-state index is 0.113. The number of esters is 1. The zero-order valence-corrected chi connectivity index (χ0v) is 14.4. The summed E-state index contributed by atoms with van der Waals surface area (Å²) in [6.07, 6.45) is 6.57. The number of methoxy groups -OCH3 is 1. The van der Waals surface area contributed by atoms with Gasteiger partial charge in [0.2, 0.25) is 0 Å². The Morgan fingerprint density at radius 1 is 1.17 bits per heavy atom. The van der Waals surface area contributed by atoms with Crippen LogP contribution in [0, 0.1) is 0 Å². The van der Waals surface area contributed by atoms with Crippen molar-refractivity contribution in [3.63, 3.8) is 0 Å². The number of ether oxygens (including phenoxy) is 1. The number of anilines is 1. The van der Waals surface area contributed by atoms with Gasteiger partial charge in [-0.3, -0.25) is 4.79 Å². The summed E-state index contributed by atoms with van der Waals surface area (Å²) in [5.74, 6) is -0.113. The second-order valence-corrected chi connectivity index (χ2v) is 6.34. The molecular weight excluding hydrogens is 308 g/mol. The highest BCUT2D eigenvalue weighted by Crippen LogP contribution is 2.21. The van der Waals surface area contributed by atoms with Crippen LogP contribution >= 0.6 is 11.3 Å². The normalized spacial score (nSPS) is 10.5. The third-order valence-electron chi connectivity index (χ3n) is 3.69. The quantitative estimate of drug-likeness (QED) is 0.481. The minimum atomic E-state index is -0.113. The van der Waals surface area contributed by atoms with Crippen LogP contribution in [0.2, 0.25) is 0 Å². The van der Waals surface area contributed by atoms with Crippen molar-refractivity contribution in [2.75, 3.05) is 18.6 Å². The van der Waals surface area contributed by atoms with E-state index in [-0.39, 0.29) is 5.97 Å². The molecule has 4 nitrogen and oxygen atoms in total. The molecule has 0 aliphatic rings. The highest BCUT2D eigenvalue weighted by Gasteiger charge is 2.09. The molecule has 2 rings (SSSR count). The molecule has 0 fully saturated rings. The molecule has 0 saturated heterocycles. The lowest BCUT2D eigenvalue weighted by molar-refractivity contribution is -0.140. The Morgan fingerprint density at radius 2 is 1.96 bits per heavy atom. The number of carbonyl (C=O) groups is 1. The highest BCUT2D eigenvalue weighted by molar-refractivity contribution is 7.13. The van der Waals surface area contributed by atoms with Crippen LogP contribution in [0.5, 0.6) is 0 Å². The molecule has 0 radical (unpaired) electrons. The van der Waals surface area contributed by atoms with Crippen molar-refractivity contribution in [2.45, 2.75) is 38.6 Å². The SMILES string of the molecule is COC(=O)CCCCCCN(Cc1ccccc1)c1nccs1. The topological polar surface area (TPSA) is 42.4 Å². The predicted molar refractivity (Wildman–Crippen MR) is 94.7 cm³/mol. The van der Waals surface area contributed by atoms with E-state index in [0.29, 0.717) is 6.42 Å². The van der Waals surface area contributed by atoms with Gasteiger partial charge in [-0.1, -0.05) is 43.2 Å². The van der Waals surface area contributed by atoms with Gasteiger partial charge in [-0.15, -0.1) is 11.3 Å². The number of hydrogen-bond acceptors (Lipinski definition) is 5. The van der Waals surface area contributed by atoms with E-state index in [9.17, 15) is 4.79 Å². The fourth-order valence-corrected chi connectivity index (χ4v) is 3.12. The number of benzene rings is 1. The number of nitrogens with zero attached hydrogens (tertiary/aromatic N) is 2. The van der Waals surface area contributed by atoms with Crippen LogP contribution in [0.25, 0.3) is 0 Å². The van der Waals surface area contributed by atoms with Gasteiger partial charge < -0.3 is 9.64 Å². The van der Waals surface area contributed by atoms with Crippen LogP contribution in [-0.4, -0.2) is 24.6 Å². The van der Waals surface area contributed by atoms with Gasteiger partial charge in [0.1, 0.15) is 0 Å². The van der Waals surface area contributed by atoms with Gasteiger partial charge in [0.25, 0.3) is 0 Å². The van der Waals surface area contributed by atoms with Gasteiger partial charge >= 0.3 is 5.97 Å². The number of carbonyl (C=O) groups excluding carboxylic acids is 1. The molecule has 124 valence electrons. The summed E-state index contributed by atoms with van der Waals surface area (Å²) in [5.41, 5.74) is 1.30. The highest BCUT2D eigenvalue weighted by atomic mass is 32.1. The molecule has 1 aromatic carbocycles. The van der Waals surface area contributed by atoms with Crippen LogP contribution in [0.3, 0.4) is 0 Å². The van der Waals surface area contributed by atoms with Crippen molar-refractivity contribution in [1.82, 2.24) is 4.98 Å². The average Bonchev–Trinajstić information content (AvgIpc) is 3.12. The van der Waals surface area contributed by atoms with Gasteiger partial charge in [-0.25, -0.2) is 4.98 Å². The van der Waals surface area contributed by atoms with Gasteiger partial charge in [-0.05, 0) is 18.4 Å². The molecule has 0 unspecified atom stereocenters. The molecule has 1 heterocycles. The molecule has 23 heavy (non-hydrogen) atoms. The second-order valence-electron chi connectivity index (χ2n) is 5.46. The number of hydrogen-bond donors (Lipinski definition) is 0. The lowest BCUT2D eigenvalue weighted by Crippen LogP contribution is -2.23. The van der Waals surface area contributed by atoms with Crippen molar-refractivity contribution in [1.29, 1.82) is 0 Å². The van der Waals surface area contributed by atoms with Crippen LogP contribution in [0.15, 0.2) is 41.9 Å². The molecule has 0 spiro atoms. The van der Waals surface area contributed by atoms with Crippen molar-refractivity contribution < 1.29 is 9.53 Å². The van der Waals surface area contributed by atoms with Crippen LogP contribution in [0.4, 0.5) is 5.13 Å². The number of aromatic nitrogens is 1. The number of thiazole rings is 1. The maximum atomic E-state index is 11.1. The molecule has 5 heteroatoms. The number of rotatable bonds is 10. The molecule has 0 aliphatic heterocycles. The van der Waals surface area contributed by atoms with Crippen molar-refractivity contribution in [3.8, 4) is 0 Å². The molecule has 0 aliphatic carbocycles. The molecule has 2 aromatic rings. The fourth-order valence-electron chi connectivity index (χ4n) is 2.45. The van der Waals surface area contributed by atoms with Crippen molar-refractivity contribution >= 4 is 22.4 Å². The summed E-state index contributed by atoms with van der Waals surface area (Å²) >= 11 is 1.68. The molecule has 0 N–H and O–H groups in total. The van der Waals surface area contributed by atoms with E-state index in [2.05, 4.69) is 38.9 Å². The first kappa shape index (κ1) is 17.5. The Kier molecular flexibility index (Phi) is 7.60. The van der Waals surface area contributed by atoms with Crippen molar-refractivity contribution in [3.05, 3.63) is 47.5 Å². The third-order valence-corrected chi connectivity index (χ3v) is 4.52. The van der Waals surface area contributed by atoms with Crippen LogP contribution in [0.1, 0.15) is 37.7 Å². The maximum Gasteiger partial charge on any atom is 0.305 e. The first-order chi connectivity index (χ1) is 11.3. The average molecular weight is 332 g/mol. The van der Waals surface area contributed by atoms with E-state index in [1.807, 2.05) is 17.6 Å². The maximum absolute atomic E-state index is 11.1. The van der Waals surface area contributed by atoms with Crippen LogP contribution < -0.4 is 4.90 Å². The largest absolute Gasteiger partial charge is 0.469 e. The van der Waals surface area contributed by atoms with Gasteiger partial charge in [-0.2, -0.15) is 0 Å². The number of unbranched alkanes of at least 4 members (excludes halogenated alkanes) is 3. The van der Waals surface area contributed by atoms with E-state index in [1.54, 1.807) is 11.3 Å². The summed E-state index contributed by atoms with van der Waals surface area (Å²) in [6.45, 7) is 1.87. The van der Waals surface area contributed by atoms with Crippen molar-refractivity contribution in [2.24, 2.45) is 0 Å².